The molecule has 1 amide bonds. The van der Waals surface area contributed by atoms with Crippen molar-refractivity contribution in [2.75, 3.05) is 5.32 Å². The van der Waals surface area contributed by atoms with E-state index in [0.29, 0.717) is 22.8 Å². The minimum Gasteiger partial charge on any atom is -0.382 e. The van der Waals surface area contributed by atoms with E-state index >= 15 is 0 Å². The molecule has 2 heterocycles. The summed E-state index contributed by atoms with van der Waals surface area (Å²) in [4.78, 5) is 22.3. The molecule has 1 aromatic heterocycles. The number of benzene rings is 1. The van der Waals surface area contributed by atoms with Crippen molar-refractivity contribution in [1.82, 2.24) is 4.98 Å². The fourth-order valence-corrected chi connectivity index (χ4v) is 2.62. The average molecular weight is 305 g/mol. The number of carbonyl (C=O) groups is 1. The summed E-state index contributed by atoms with van der Waals surface area (Å²) in [6.45, 7) is 1.91. The van der Waals surface area contributed by atoms with E-state index in [4.69, 9.17) is 4.84 Å². The predicted octanol–water partition coefficient (Wildman–Crippen LogP) is 2.72. The average Bonchev–Trinajstić information content (AvgIpc) is 3.08. The highest BCUT2D eigenvalue weighted by atomic mass is 32.1. The van der Waals surface area contributed by atoms with Crippen LogP contribution in [0.15, 0.2) is 35.6 Å². The number of nitrogens with one attached hydrogen (secondary N) is 1. The summed E-state index contributed by atoms with van der Waals surface area (Å²) in [5.41, 5.74) is 1.18. The topological polar surface area (TPSA) is 63.6 Å². The predicted molar refractivity (Wildman–Crippen MR) is 77.9 cm³/mol. The molecule has 0 saturated carbocycles. The van der Waals surface area contributed by atoms with E-state index in [1.165, 1.54) is 23.5 Å². The molecule has 1 N–H and O–H groups in total. The van der Waals surface area contributed by atoms with Crippen LogP contribution in [0.1, 0.15) is 16.9 Å². The molecule has 1 atom stereocenters. The van der Waals surface area contributed by atoms with Gasteiger partial charge in [-0.2, -0.15) is 0 Å². The van der Waals surface area contributed by atoms with Gasteiger partial charge in [0.25, 0.3) is 5.91 Å². The fourth-order valence-electron chi connectivity index (χ4n) is 1.95. The SMILES string of the molecule is Cc1cnc(NC(=O)[C@@H]2CC(c3cccc(F)c3)=NO2)s1. The number of nitrogens with zero attached hydrogens (tertiary/aromatic N) is 2. The number of hydrogen-bond acceptors (Lipinski definition) is 5. The summed E-state index contributed by atoms with van der Waals surface area (Å²) in [6.07, 6.45) is 1.27. The van der Waals surface area contributed by atoms with Gasteiger partial charge in [-0.25, -0.2) is 9.37 Å². The van der Waals surface area contributed by atoms with Crippen molar-refractivity contribution in [3.05, 3.63) is 46.7 Å². The van der Waals surface area contributed by atoms with E-state index in [9.17, 15) is 9.18 Å². The second kappa shape index (κ2) is 5.61. The van der Waals surface area contributed by atoms with Crippen LogP contribution in [0, 0.1) is 12.7 Å². The molecule has 0 saturated heterocycles. The maximum absolute atomic E-state index is 13.2. The van der Waals surface area contributed by atoms with E-state index in [0.717, 1.165) is 4.88 Å². The van der Waals surface area contributed by atoms with E-state index in [-0.39, 0.29) is 11.7 Å². The zero-order valence-corrected chi connectivity index (χ0v) is 12.0. The van der Waals surface area contributed by atoms with Gasteiger partial charge in [-0.05, 0) is 19.1 Å². The highest BCUT2D eigenvalue weighted by Crippen LogP contribution is 2.21. The van der Waals surface area contributed by atoms with Crippen molar-refractivity contribution in [2.45, 2.75) is 19.4 Å². The Kier molecular flexibility index (Phi) is 3.66. The van der Waals surface area contributed by atoms with Gasteiger partial charge in [-0.3, -0.25) is 10.1 Å². The number of rotatable bonds is 3. The smallest absolute Gasteiger partial charge is 0.270 e. The van der Waals surface area contributed by atoms with Crippen molar-refractivity contribution < 1.29 is 14.0 Å². The molecule has 108 valence electrons. The lowest BCUT2D eigenvalue weighted by Gasteiger charge is -2.06. The normalized spacial score (nSPS) is 17.2. The molecule has 0 bridgehead atoms. The van der Waals surface area contributed by atoms with E-state index in [2.05, 4.69) is 15.5 Å². The third kappa shape index (κ3) is 3.08. The Morgan fingerprint density at radius 3 is 3.10 bits per heavy atom. The molecular weight excluding hydrogens is 293 g/mol. The molecule has 5 nitrogen and oxygen atoms in total. The van der Waals surface area contributed by atoms with Crippen molar-refractivity contribution in [2.24, 2.45) is 5.16 Å². The van der Waals surface area contributed by atoms with E-state index < -0.39 is 6.10 Å². The van der Waals surface area contributed by atoms with Gasteiger partial charge in [-0.15, -0.1) is 11.3 Å². The number of anilines is 1. The molecule has 0 radical (unpaired) electrons. The number of carbonyl (C=O) groups excluding carboxylic acids is 1. The first kappa shape index (κ1) is 13.7. The van der Waals surface area contributed by atoms with Gasteiger partial charge in [0.2, 0.25) is 6.10 Å². The molecular formula is C14H12FN3O2S. The summed E-state index contributed by atoms with van der Waals surface area (Å²) in [7, 11) is 0. The molecule has 0 spiro atoms. The highest BCUT2D eigenvalue weighted by molar-refractivity contribution is 7.15. The quantitative estimate of drug-likeness (QED) is 0.948. The molecule has 1 aliphatic rings. The summed E-state index contributed by atoms with van der Waals surface area (Å²) < 4.78 is 13.2. The van der Waals surface area contributed by atoms with Gasteiger partial charge in [-0.1, -0.05) is 17.3 Å². The summed E-state index contributed by atoms with van der Waals surface area (Å²) >= 11 is 1.39. The van der Waals surface area contributed by atoms with Crippen LogP contribution in [0.2, 0.25) is 0 Å². The minimum absolute atomic E-state index is 0.305. The molecule has 0 unspecified atom stereocenters. The largest absolute Gasteiger partial charge is 0.382 e. The molecule has 3 rings (SSSR count). The van der Waals surface area contributed by atoms with Crippen LogP contribution in [0.3, 0.4) is 0 Å². The third-order valence-corrected chi connectivity index (χ3v) is 3.80. The van der Waals surface area contributed by atoms with Crippen molar-refractivity contribution in [3.8, 4) is 0 Å². The molecule has 21 heavy (non-hydrogen) atoms. The molecule has 0 aliphatic carbocycles. The number of aryl methyl sites for hydroxylation is 1. The fraction of sp³-hybridized carbons (Fsp3) is 0.214. The number of thiazole rings is 1. The maximum atomic E-state index is 13.2. The lowest BCUT2D eigenvalue weighted by atomic mass is 10.0. The van der Waals surface area contributed by atoms with E-state index in [1.807, 2.05) is 6.92 Å². The summed E-state index contributed by atoms with van der Waals surface area (Å²) in [5, 5.41) is 7.08. The monoisotopic (exact) mass is 305 g/mol. The second-order valence-electron chi connectivity index (χ2n) is 4.61. The van der Waals surface area contributed by atoms with Crippen LogP contribution >= 0.6 is 11.3 Å². The van der Waals surface area contributed by atoms with Crippen LogP contribution in [0.25, 0.3) is 0 Å². The van der Waals surface area contributed by atoms with Crippen molar-refractivity contribution in [3.63, 3.8) is 0 Å². The van der Waals surface area contributed by atoms with Gasteiger partial charge in [0.05, 0.1) is 5.71 Å². The molecule has 1 aliphatic heterocycles. The Balaban J connectivity index is 1.64. The lowest BCUT2D eigenvalue weighted by molar-refractivity contribution is -0.125. The number of hydrogen-bond donors (Lipinski definition) is 1. The Morgan fingerprint density at radius 1 is 1.52 bits per heavy atom. The number of amides is 1. The van der Waals surface area contributed by atoms with Crippen LogP contribution in [0.5, 0.6) is 0 Å². The Morgan fingerprint density at radius 2 is 2.38 bits per heavy atom. The Bertz CT molecular complexity index is 714. The number of oxime groups is 1. The lowest BCUT2D eigenvalue weighted by Crippen LogP contribution is -2.27. The van der Waals surface area contributed by atoms with Crippen LogP contribution in [0.4, 0.5) is 9.52 Å². The molecule has 0 fully saturated rings. The van der Waals surface area contributed by atoms with Gasteiger partial charge in [0, 0.05) is 23.1 Å². The maximum Gasteiger partial charge on any atom is 0.270 e. The van der Waals surface area contributed by atoms with E-state index in [1.54, 1.807) is 18.3 Å². The minimum atomic E-state index is -0.715. The van der Waals surface area contributed by atoms with Gasteiger partial charge in [0.1, 0.15) is 5.82 Å². The second-order valence-corrected chi connectivity index (χ2v) is 5.85. The first-order valence-electron chi connectivity index (χ1n) is 6.34. The Hall–Kier alpha value is -2.28. The molecule has 7 heteroatoms. The highest BCUT2D eigenvalue weighted by Gasteiger charge is 2.29. The Labute approximate surface area is 124 Å². The number of halogens is 1. The summed E-state index contributed by atoms with van der Waals surface area (Å²) in [5.74, 6) is -0.652. The van der Waals surface area contributed by atoms with Crippen LogP contribution in [-0.2, 0) is 9.63 Å². The first-order chi connectivity index (χ1) is 10.1. The zero-order chi connectivity index (χ0) is 14.8. The van der Waals surface area contributed by atoms with Crippen molar-refractivity contribution in [1.29, 1.82) is 0 Å². The third-order valence-electron chi connectivity index (χ3n) is 2.97. The van der Waals surface area contributed by atoms with Crippen LogP contribution < -0.4 is 5.32 Å². The van der Waals surface area contributed by atoms with Gasteiger partial charge < -0.3 is 4.84 Å². The van der Waals surface area contributed by atoms with Crippen LogP contribution in [-0.4, -0.2) is 22.7 Å². The summed E-state index contributed by atoms with van der Waals surface area (Å²) in [6, 6.07) is 6.05. The van der Waals surface area contributed by atoms with Crippen molar-refractivity contribution >= 4 is 28.1 Å². The standard InChI is InChI=1S/C14H12FN3O2S/c1-8-7-16-14(21-8)17-13(19)12-6-11(18-20-12)9-3-2-4-10(15)5-9/h2-5,7,12H,6H2,1H3,(H,16,17,19)/t12-/m0/s1. The zero-order valence-electron chi connectivity index (χ0n) is 11.2. The first-order valence-corrected chi connectivity index (χ1v) is 7.15. The van der Waals surface area contributed by atoms with Gasteiger partial charge in [0.15, 0.2) is 5.13 Å². The van der Waals surface area contributed by atoms with Gasteiger partial charge >= 0.3 is 0 Å². The molecule has 1 aromatic carbocycles. The molecule has 2 aromatic rings. The number of aromatic nitrogens is 1.